The van der Waals surface area contributed by atoms with E-state index < -0.39 is 15.1 Å². The maximum absolute atomic E-state index is 12.9. The highest BCUT2D eigenvalue weighted by atomic mass is 32.2. The number of amides is 1. The van der Waals surface area contributed by atoms with Crippen LogP contribution in [0.4, 0.5) is 0 Å². The van der Waals surface area contributed by atoms with Gasteiger partial charge in [0.25, 0.3) is 0 Å². The topological polar surface area (TPSA) is 72.9 Å². The molecule has 150 valence electrons. The summed E-state index contributed by atoms with van der Waals surface area (Å²) >= 11 is 0. The van der Waals surface area contributed by atoms with Gasteiger partial charge in [-0.1, -0.05) is 48.6 Å². The highest BCUT2D eigenvalue weighted by Gasteiger charge is 2.30. The van der Waals surface area contributed by atoms with Crippen LogP contribution in [-0.2, 0) is 21.2 Å². The van der Waals surface area contributed by atoms with Crippen LogP contribution in [-0.4, -0.2) is 37.0 Å². The minimum atomic E-state index is -3.28. The van der Waals surface area contributed by atoms with Gasteiger partial charge in [0, 0.05) is 12.6 Å². The Morgan fingerprint density at radius 3 is 2.66 bits per heavy atom. The Morgan fingerprint density at radius 1 is 1.10 bits per heavy atom. The zero-order chi connectivity index (χ0) is 20.3. The average Bonchev–Trinajstić information content (AvgIpc) is 3.31. The van der Waals surface area contributed by atoms with Crippen LogP contribution in [0.25, 0.3) is 6.08 Å². The Bertz CT molecular complexity index is 1060. The zero-order valence-electron chi connectivity index (χ0n) is 15.7. The molecule has 29 heavy (non-hydrogen) atoms. The van der Waals surface area contributed by atoms with Gasteiger partial charge in [0.2, 0.25) is 12.7 Å². The summed E-state index contributed by atoms with van der Waals surface area (Å²) in [7, 11) is -3.28. The molecule has 0 saturated carbocycles. The van der Waals surface area contributed by atoms with Crippen LogP contribution in [0.15, 0.2) is 66.9 Å². The maximum Gasteiger partial charge on any atom is 0.231 e. The highest BCUT2D eigenvalue weighted by Crippen LogP contribution is 2.32. The number of carbonyl (C=O) groups is 1. The summed E-state index contributed by atoms with van der Waals surface area (Å²) in [6, 6.07) is 15.1. The Morgan fingerprint density at radius 2 is 1.90 bits per heavy atom. The lowest BCUT2D eigenvalue weighted by Crippen LogP contribution is -2.30. The first-order chi connectivity index (χ1) is 14.0. The second kappa shape index (κ2) is 8.13. The summed E-state index contributed by atoms with van der Waals surface area (Å²) in [4.78, 5) is 14.5. The highest BCUT2D eigenvalue weighted by molar-refractivity contribution is 7.92. The van der Waals surface area contributed by atoms with Crippen LogP contribution in [0, 0.1) is 0 Å². The van der Waals surface area contributed by atoms with Crippen molar-refractivity contribution in [2.75, 3.05) is 12.5 Å². The lowest BCUT2D eigenvalue weighted by molar-refractivity contribution is -0.128. The van der Waals surface area contributed by atoms with E-state index in [0.717, 1.165) is 11.1 Å². The lowest BCUT2D eigenvalue weighted by atomic mass is 10.1. The number of hydrogen-bond donors (Lipinski definition) is 0. The first kappa shape index (κ1) is 19.3. The molecule has 0 aliphatic carbocycles. The molecule has 0 N–H and O–H groups in total. The number of benzene rings is 2. The van der Waals surface area contributed by atoms with E-state index in [1.165, 1.54) is 0 Å². The van der Waals surface area contributed by atoms with Crippen LogP contribution in [0.1, 0.15) is 17.5 Å². The summed E-state index contributed by atoms with van der Waals surface area (Å²) in [6.45, 7) is 0.557. The number of ether oxygens (including phenoxy) is 2. The molecule has 2 heterocycles. The van der Waals surface area contributed by atoms with Crippen molar-refractivity contribution in [3.63, 3.8) is 0 Å². The van der Waals surface area contributed by atoms with Crippen LogP contribution in [0.3, 0.4) is 0 Å². The molecule has 1 amide bonds. The average molecular weight is 411 g/mol. The van der Waals surface area contributed by atoms with Gasteiger partial charge in [-0.15, -0.1) is 0 Å². The third-order valence-corrected chi connectivity index (χ3v) is 6.78. The number of hydrogen-bond acceptors (Lipinski definition) is 5. The molecule has 0 bridgehead atoms. The van der Waals surface area contributed by atoms with E-state index in [1.54, 1.807) is 23.3 Å². The van der Waals surface area contributed by atoms with Crippen molar-refractivity contribution < 1.29 is 22.7 Å². The molecule has 7 heteroatoms. The molecule has 0 fully saturated rings. The number of fused-ring (bicyclic) bond motifs is 1. The Hall–Kier alpha value is -3.06. The summed E-state index contributed by atoms with van der Waals surface area (Å²) in [5, 5.41) is -0.757. The molecule has 6 nitrogen and oxygen atoms in total. The van der Waals surface area contributed by atoms with Crippen LogP contribution < -0.4 is 9.47 Å². The molecule has 0 spiro atoms. The standard InChI is InChI=1S/C22H21NO5S/c24-22(14-19-7-4-12-29(19,25)26)23(15-18-5-2-1-3-6-18)11-10-17-8-9-20-21(13-17)28-16-27-20/h1-11,13,19H,12,14-16H2. The number of sulfone groups is 1. The van der Waals surface area contributed by atoms with Crippen molar-refractivity contribution >= 4 is 21.8 Å². The van der Waals surface area contributed by atoms with Gasteiger partial charge < -0.3 is 14.4 Å². The molecule has 1 unspecified atom stereocenters. The summed E-state index contributed by atoms with van der Waals surface area (Å²) in [5.41, 5.74) is 1.81. The fourth-order valence-electron chi connectivity index (χ4n) is 3.27. The van der Waals surface area contributed by atoms with E-state index in [-0.39, 0.29) is 24.9 Å². The summed E-state index contributed by atoms with van der Waals surface area (Å²) < 4.78 is 34.9. The molecule has 2 aliphatic rings. The molecule has 2 aromatic carbocycles. The Kier molecular flexibility index (Phi) is 5.40. The normalized spacial score (nSPS) is 19.0. The van der Waals surface area contributed by atoms with Gasteiger partial charge in [-0.05, 0) is 29.3 Å². The summed E-state index contributed by atoms with van der Waals surface area (Å²) in [6.07, 6.45) is 6.64. The molecule has 0 saturated heterocycles. The van der Waals surface area contributed by atoms with Gasteiger partial charge in [-0.2, -0.15) is 0 Å². The Balaban J connectivity index is 1.54. The van der Waals surface area contributed by atoms with E-state index in [2.05, 4.69) is 0 Å². The van der Waals surface area contributed by atoms with Crippen molar-refractivity contribution in [2.24, 2.45) is 0 Å². The van der Waals surface area contributed by atoms with E-state index >= 15 is 0 Å². The number of nitrogens with zero attached hydrogens (tertiary/aromatic N) is 1. The molecule has 2 aromatic rings. The van der Waals surface area contributed by atoms with Crippen molar-refractivity contribution in [3.05, 3.63) is 78.0 Å². The zero-order valence-corrected chi connectivity index (χ0v) is 16.5. The number of rotatable bonds is 6. The fourth-order valence-corrected chi connectivity index (χ4v) is 4.64. The SMILES string of the molecule is O=C(CC1C=CCS1(=O)=O)N(C=Cc1ccc2c(c1)OCO2)Cc1ccccc1. The lowest BCUT2D eigenvalue weighted by Gasteiger charge is -2.20. The molecular formula is C22H21NO5S. The van der Waals surface area contributed by atoms with Gasteiger partial charge in [0.15, 0.2) is 21.3 Å². The van der Waals surface area contributed by atoms with E-state index in [4.69, 9.17) is 9.47 Å². The Labute approximate surface area is 170 Å². The minimum absolute atomic E-state index is 0.00331. The van der Waals surface area contributed by atoms with Gasteiger partial charge >= 0.3 is 0 Å². The van der Waals surface area contributed by atoms with Crippen molar-refractivity contribution in [1.29, 1.82) is 0 Å². The van der Waals surface area contributed by atoms with Crippen LogP contribution in [0.2, 0.25) is 0 Å². The van der Waals surface area contributed by atoms with Crippen molar-refractivity contribution in [1.82, 2.24) is 4.90 Å². The van der Waals surface area contributed by atoms with Crippen LogP contribution in [0.5, 0.6) is 11.5 Å². The first-order valence-corrected chi connectivity index (χ1v) is 11.0. The smallest absolute Gasteiger partial charge is 0.231 e. The fraction of sp³-hybridized carbons (Fsp3) is 0.227. The number of carbonyl (C=O) groups excluding carboxylic acids is 1. The predicted molar refractivity (Wildman–Crippen MR) is 110 cm³/mol. The second-order valence-corrected chi connectivity index (χ2v) is 9.20. The van der Waals surface area contributed by atoms with Crippen molar-refractivity contribution in [3.8, 4) is 11.5 Å². The molecule has 4 rings (SSSR count). The van der Waals surface area contributed by atoms with E-state index in [0.29, 0.717) is 18.0 Å². The monoisotopic (exact) mass is 411 g/mol. The molecule has 0 aromatic heterocycles. The molecule has 1 atom stereocenters. The third kappa shape index (κ3) is 4.51. The van der Waals surface area contributed by atoms with Gasteiger partial charge in [-0.25, -0.2) is 8.42 Å². The second-order valence-electron chi connectivity index (χ2n) is 6.94. The predicted octanol–water partition coefficient (Wildman–Crippen LogP) is 3.16. The van der Waals surface area contributed by atoms with Crippen molar-refractivity contribution in [2.45, 2.75) is 18.2 Å². The van der Waals surface area contributed by atoms with E-state index in [1.807, 2.05) is 54.6 Å². The van der Waals surface area contributed by atoms with Gasteiger partial charge in [0.1, 0.15) is 0 Å². The molecular weight excluding hydrogens is 390 g/mol. The largest absolute Gasteiger partial charge is 0.454 e. The van der Waals surface area contributed by atoms with Gasteiger partial charge in [0.05, 0.1) is 17.5 Å². The van der Waals surface area contributed by atoms with Crippen LogP contribution >= 0.6 is 0 Å². The quantitative estimate of drug-likeness (QED) is 0.683. The molecule has 0 radical (unpaired) electrons. The van der Waals surface area contributed by atoms with E-state index in [9.17, 15) is 13.2 Å². The molecule has 2 aliphatic heterocycles. The third-order valence-electron chi connectivity index (χ3n) is 4.88. The van der Waals surface area contributed by atoms with Gasteiger partial charge in [-0.3, -0.25) is 4.79 Å². The summed E-state index contributed by atoms with van der Waals surface area (Å²) in [5.74, 6) is 1.11. The first-order valence-electron chi connectivity index (χ1n) is 9.31. The minimum Gasteiger partial charge on any atom is -0.454 e. The maximum atomic E-state index is 12.9.